The van der Waals surface area contributed by atoms with Gasteiger partial charge in [-0.25, -0.2) is 13.4 Å². The first-order chi connectivity index (χ1) is 9.61. The molecule has 1 aromatic rings. The van der Waals surface area contributed by atoms with Crippen LogP contribution < -0.4 is 5.73 Å². The largest absolute Gasteiger partial charge is 0.397 e. The van der Waals surface area contributed by atoms with Crippen molar-refractivity contribution < 1.29 is 8.42 Å². The van der Waals surface area contributed by atoms with Crippen molar-refractivity contribution in [2.75, 3.05) is 12.3 Å². The Balaban J connectivity index is 1.96. The highest BCUT2D eigenvalue weighted by Crippen LogP contribution is 2.53. The Morgan fingerprint density at radius 3 is 2.62 bits per heavy atom. The van der Waals surface area contributed by atoms with Crippen LogP contribution in [0, 0.1) is 10.8 Å². The number of sulfonamides is 1. The van der Waals surface area contributed by atoms with Gasteiger partial charge in [0.2, 0.25) is 0 Å². The molecule has 2 heterocycles. The van der Waals surface area contributed by atoms with Crippen LogP contribution in [0.25, 0.3) is 0 Å². The lowest BCUT2D eigenvalue weighted by Gasteiger charge is -2.39. The van der Waals surface area contributed by atoms with E-state index in [4.69, 9.17) is 5.73 Å². The topological polar surface area (TPSA) is 76.3 Å². The van der Waals surface area contributed by atoms with Crippen LogP contribution in [0.4, 0.5) is 5.69 Å². The third-order valence-electron chi connectivity index (χ3n) is 4.70. The molecule has 2 aliphatic rings. The number of aromatic nitrogens is 1. The molecule has 0 radical (unpaired) electrons. The SMILES string of the molecule is CC1(C)CC2CC(C)(CN2S(=O)(=O)c2ccc(N)cn2)C1. The van der Waals surface area contributed by atoms with Gasteiger partial charge in [-0.1, -0.05) is 20.8 Å². The molecular weight excluding hydrogens is 286 g/mol. The van der Waals surface area contributed by atoms with Gasteiger partial charge >= 0.3 is 0 Å². The van der Waals surface area contributed by atoms with Crippen LogP contribution >= 0.6 is 0 Å². The summed E-state index contributed by atoms with van der Waals surface area (Å²) >= 11 is 0. The molecule has 3 rings (SSSR count). The minimum atomic E-state index is -3.53. The summed E-state index contributed by atoms with van der Waals surface area (Å²) in [6.45, 7) is 7.26. The van der Waals surface area contributed by atoms with Crippen molar-refractivity contribution in [1.29, 1.82) is 0 Å². The van der Waals surface area contributed by atoms with Crippen molar-refractivity contribution >= 4 is 15.7 Å². The zero-order valence-electron chi connectivity index (χ0n) is 12.8. The van der Waals surface area contributed by atoms with Gasteiger partial charge in [0.25, 0.3) is 10.0 Å². The molecule has 1 aliphatic heterocycles. The van der Waals surface area contributed by atoms with Crippen LogP contribution in [0.1, 0.15) is 40.0 Å². The van der Waals surface area contributed by atoms with Gasteiger partial charge in [0, 0.05) is 12.6 Å². The van der Waals surface area contributed by atoms with Gasteiger partial charge in [0.1, 0.15) is 0 Å². The lowest BCUT2D eigenvalue weighted by Crippen LogP contribution is -2.38. The van der Waals surface area contributed by atoms with Crippen LogP contribution in [0.3, 0.4) is 0 Å². The lowest BCUT2D eigenvalue weighted by atomic mass is 9.65. The van der Waals surface area contributed by atoms with E-state index in [0.717, 1.165) is 19.3 Å². The number of hydrogen-bond donors (Lipinski definition) is 1. The van der Waals surface area contributed by atoms with Gasteiger partial charge in [-0.2, -0.15) is 4.31 Å². The van der Waals surface area contributed by atoms with E-state index in [0.29, 0.717) is 12.2 Å². The highest BCUT2D eigenvalue weighted by molar-refractivity contribution is 7.89. The molecule has 5 nitrogen and oxygen atoms in total. The summed E-state index contributed by atoms with van der Waals surface area (Å²) in [7, 11) is -3.53. The quantitative estimate of drug-likeness (QED) is 0.909. The summed E-state index contributed by atoms with van der Waals surface area (Å²) in [5.41, 5.74) is 6.34. The summed E-state index contributed by atoms with van der Waals surface area (Å²) < 4.78 is 27.4. The fourth-order valence-corrected chi connectivity index (χ4v) is 6.04. The molecule has 2 fully saturated rings. The molecule has 1 aliphatic carbocycles. The van der Waals surface area contributed by atoms with Crippen LogP contribution in [-0.4, -0.2) is 30.3 Å². The second kappa shape index (κ2) is 4.43. The zero-order valence-corrected chi connectivity index (χ0v) is 13.7. The first kappa shape index (κ1) is 14.8. The Labute approximate surface area is 126 Å². The molecule has 2 atom stereocenters. The predicted octanol–water partition coefficient (Wildman–Crippen LogP) is 2.25. The fourth-order valence-electron chi connectivity index (χ4n) is 4.35. The normalized spacial score (nSPS) is 32.2. The van der Waals surface area contributed by atoms with Crippen LogP contribution in [-0.2, 0) is 10.0 Å². The molecule has 21 heavy (non-hydrogen) atoms. The van der Waals surface area contributed by atoms with Gasteiger partial charge in [0.15, 0.2) is 5.03 Å². The standard InChI is InChI=1S/C15H23N3O2S/c1-14(2)6-12-7-15(3,9-14)10-18(12)21(19,20)13-5-4-11(16)8-17-13/h4-5,8,12H,6-7,9-10,16H2,1-3H3. The average Bonchev–Trinajstić information content (AvgIpc) is 2.59. The monoisotopic (exact) mass is 309 g/mol. The summed E-state index contributed by atoms with van der Waals surface area (Å²) in [4.78, 5) is 4.01. The number of rotatable bonds is 2. The maximum absolute atomic E-state index is 12.9. The Kier molecular flexibility index (Phi) is 3.12. The Morgan fingerprint density at radius 2 is 2.00 bits per heavy atom. The van der Waals surface area contributed by atoms with E-state index < -0.39 is 10.0 Å². The van der Waals surface area contributed by atoms with Crippen molar-refractivity contribution in [3.63, 3.8) is 0 Å². The van der Waals surface area contributed by atoms with Crippen molar-refractivity contribution in [3.05, 3.63) is 18.3 Å². The number of nitrogen functional groups attached to an aromatic ring is 1. The Hall–Kier alpha value is -1.14. The highest BCUT2D eigenvalue weighted by atomic mass is 32.2. The molecule has 0 aromatic carbocycles. The summed E-state index contributed by atoms with van der Waals surface area (Å²) in [5.74, 6) is 0. The van der Waals surface area contributed by atoms with Crippen LogP contribution in [0.2, 0.25) is 0 Å². The van der Waals surface area contributed by atoms with Crippen molar-refractivity contribution in [3.8, 4) is 0 Å². The zero-order chi connectivity index (χ0) is 15.5. The maximum atomic E-state index is 12.9. The van der Waals surface area contributed by atoms with E-state index in [1.165, 1.54) is 12.3 Å². The fraction of sp³-hybridized carbons (Fsp3) is 0.667. The van der Waals surface area contributed by atoms with Crippen LogP contribution in [0.15, 0.2) is 23.4 Å². The minimum absolute atomic E-state index is 0.0767. The number of fused-ring (bicyclic) bond motifs is 2. The molecule has 2 N–H and O–H groups in total. The third-order valence-corrected chi connectivity index (χ3v) is 6.51. The van der Waals surface area contributed by atoms with E-state index in [-0.39, 0.29) is 21.9 Å². The van der Waals surface area contributed by atoms with Crippen molar-refractivity contribution in [1.82, 2.24) is 9.29 Å². The second-order valence-corrected chi connectivity index (χ2v) is 9.53. The van der Waals surface area contributed by atoms with E-state index in [9.17, 15) is 8.42 Å². The van der Waals surface area contributed by atoms with Gasteiger partial charge in [-0.15, -0.1) is 0 Å². The molecule has 0 amide bonds. The minimum Gasteiger partial charge on any atom is -0.397 e. The first-order valence-corrected chi connectivity index (χ1v) is 8.79. The summed E-state index contributed by atoms with van der Waals surface area (Å²) in [6, 6.07) is 3.18. The second-order valence-electron chi connectivity index (χ2n) is 7.69. The van der Waals surface area contributed by atoms with E-state index in [1.807, 2.05) is 0 Å². The molecule has 0 spiro atoms. The number of anilines is 1. The third kappa shape index (κ3) is 2.55. The molecule has 1 aromatic heterocycles. The van der Waals surface area contributed by atoms with Crippen molar-refractivity contribution in [2.45, 2.75) is 51.1 Å². The van der Waals surface area contributed by atoms with Gasteiger partial charge in [-0.05, 0) is 42.2 Å². The number of nitrogens with two attached hydrogens (primary N) is 1. The number of nitrogens with zero attached hydrogens (tertiary/aromatic N) is 2. The Bertz CT molecular complexity index is 654. The molecule has 1 saturated carbocycles. The van der Waals surface area contributed by atoms with E-state index in [1.54, 1.807) is 10.4 Å². The predicted molar refractivity (Wildman–Crippen MR) is 82.1 cm³/mol. The molecule has 116 valence electrons. The average molecular weight is 309 g/mol. The van der Waals surface area contributed by atoms with Crippen molar-refractivity contribution in [2.24, 2.45) is 10.8 Å². The molecular formula is C15H23N3O2S. The summed E-state index contributed by atoms with van der Waals surface area (Å²) in [5, 5.41) is 0.102. The van der Waals surface area contributed by atoms with E-state index >= 15 is 0 Å². The lowest BCUT2D eigenvalue weighted by molar-refractivity contribution is 0.133. The first-order valence-electron chi connectivity index (χ1n) is 7.35. The summed E-state index contributed by atoms with van der Waals surface area (Å²) in [6.07, 6.45) is 4.33. The van der Waals surface area contributed by atoms with E-state index in [2.05, 4.69) is 25.8 Å². The molecule has 1 saturated heterocycles. The highest BCUT2D eigenvalue weighted by Gasteiger charge is 2.53. The van der Waals surface area contributed by atoms with Gasteiger partial charge in [0.05, 0.1) is 11.9 Å². The van der Waals surface area contributed by atoms with Gasteiger partial charge in [-0.3, -0.25) is 0 Å². The molecule has 2 bridgehead atoms. The van der Waals surface area contributed by atoms with Crippen LogP contribution in [0.5, 0.6) is 0 Å². The number of pyridine rings is 1. The Morgan fingerprint density at radius 1 is 1.29 bits per heavy atom. The molecule has 2 unspecified atom stereocenters. The molecule has 6 heteroatoms. The smallest absolute Gasteiger partial charge is 0.260 e. The number of hydrogen-bond acceptors (Lipinski definition) is 4. The maximum Gasteiger partial charge on any atom is 0.260 e. The van der Waals surface area contributed by atoms with Gasteiger partial charge < -0.3 is 5.73 Å².